The van der Waals surface area contributed by atoms with E-state index in [1.54, 1.807) is 0 Å². The molecule has 0 aromatic heterocycles. The van der Waals surface area contributed by atoms with E-state index in [1.807, 2.05) is 41.0 Å². The summed E-state index contributed by atoms with van der Waals surface area (Å²) in [6.45, 7) is 6.41. The number of carbonyl (C=O) groups excluding carboxylic acids is 2. The molecule has 0 radical (unpaired) electrons. The number of rotatable bonds is 8. The van der Waals surface area contributed by atoms with Crippen molar-refractivity contribution >= 4 is 11.8 Å². The van der Waals surface area contributed by atoms with E-state index in [9.17, 15) is 9.59 Å². The lowest BCUT2D eigenvalue weighted by molar-refractivity contribution is -0.140. The zero-order valence-corrected chi connectivity index (χ0v) is 16.7. The molecule has 2 saturated heterocycles. The van der Waals surface area contributed by atoms with Crippen LogP contribution >= 0.6 is 0 Å². The maximum absolute atomic E-state index is 12.6. The average Bonchev–Trinajstić information content (AvgIpc) is 2.73. The first-order chi connectivity index (χ1) is 13.7. The Bertz CT molecular complexity index is 667. The minimum atomic E-state index is 0.145. The van der Waals surface area contributed by atoms with Crippen LogP contribution < -0.4 is 14.8 Å². The molecular weight excluding hydrogens is 358 g/mol. The first kappa shape index (κ1) is 20.5. The normalized spacial score (nSPS) is 20.2. The summed E-state index contributed by atoms with van der Waals surface area (Å²) in [5, 5.41) is 3.10. The van der Waals surface area contributed by atoms with Gasteiger partial charge in [-0.1, -0.05) is 12.1 Å². The van der Waals surface area contributed by atoms with E-state index >= 15 is 0 Å². The molecule has 2 aliphatic heterocycles. The predicted octanol–water partition coefficient (Wildman–Crippen LogP) is 1.67. The van der Waals surface area contributed by atoms with Crippen LogP contribution in [0.5, 0.6) is 11.5 Å². The Balaban J connectivity index is 1.43. The molecule has 0 spiro atoms. The van der Waals surface area contributed by atoms with Crippen LogP contribution in [0.25, 0.3) is 0 Å². The third kappa shape index (κ3) is 5.38. The number of amides is 2. The molecule has 7 heteroatoms. The van der Waals surface area contributed by atoms with Crippen molar-refractivity contribution in [1.29, 1.82) is 0 Å². The molecular formula is C21H31N3O4. The monoisotopic (exact) mass is 389 g/mol. The highest BCUT2D eigenvalue weighted by Crippen LogP contribution is 2.26. The molecule has 1 unspecified atom stereocenters. The maximum atomic E-state index is 12.6. The third-order valence-corrected chi connectivity index (χ3v) is 5.26. The molecule has 1 N–H and O–H groups in total. The summed E-state index contributed by atoms with van der Waals surface area (Å²) in [5.74, 6) is 1.74. The highest BCUT2D eigenvalue weighted by molar-refractivity contribution is 5.80. The maximum Gasteiger partial charge on any atom is 0.236 e. The van der Waals surface area contributed by atoms with Gasteiger partial charge in [0.05, 0.1) is 19.8 Å². The Morgan fingerprint density at radius 3 is 2.75 bits per heavy atom. The lowest BCUT2D eigenvalue weighted by Crippen LogP contribution is -2.57. The van der Waals surface area contributed by atoms with E-state index in [-0.39, 0.29) is 17.9 Å². The van der Waals surface area contributed by atoms with E-state index in [1.165, 1.54) is 0 Å². The van der Waals surface area contributed by atoms with Gasteiger partial charge >= 0.3 is 0 Å². The number of piperidine rings is 1. The molecule has 2 aliphatic rings. The van der Waals surface area contributed by atoms with E-state index in [2.05, 4.69) is 5.32 Å². The van der Waals surface area contributed by atoms with Crippen molar-refractivity contribution in [2.75, 3.05) is 45.9 Å². The van der Waals surface area contributed by atoms with Crippen molar-refractivity contribution in [1.82, 2.24) is 15.1 Å². The summed E-state index contributed by atoms with van der Waals surface area (Å²) in [6, 6.07) is 7.74. The SMILES string of the molecule is CCOc1ccccc1OCCCC(=O)N1CCCC(N2CCNCC2=O)C1. The van der Waals surface area contributed by atoms with Gasteiger partial charge in [-0.05, 0) is 38.3 Å². The van der Waals surface area contributed by atoms with E-state index in [4.69, 9.17) is 9.47 Å². The average molecular weight is 389 g/mol. The number of likely N-dealkylation sites (tertiary alicyclic amines) is 1. The van der Waals surface area contributed by atoms with Crippen LogP contribution in [-0.2, 0) is 9.59 Å². The molecule has 7 nitrogen and oxygen atoms in total. The molecule has 0 bridgehead atoms. The van der Waals surface area contributed by atoms with Crippen LogP contribution in [0.4, 0.5) is 0 Å². The Kier molecular flexibility index (Phi) is 7.54. The van der Waals surface area contributed by atoms with Crippen molar-refractivity contribution in [3.8, 4) is 11.5 Å². The van der Waals surface area contributed by atoms with Gasteiger partial charge in [0.1, 0.15) is 0 Å². The van der Waals surface area contributed by atoms with Gasteiger partial charge < -0.3 is 24.6 Å². The van der Waals surface area contributed by atoms with Gasteiger partial charge in [-0.25, -0.2) is 0 Å². The predicted molar refractivity (Wildman–Crippen MR) is 107 cm³/mol. The topological polar surface area (TPSA) is 71.1 Å². The van der Waals surface area contributed by atoms with Gasteiger partial charge in [0, 0.05) is 38.6 Å². The fraction of sp³-hybridized carbons (Fsp3) is 0.619. The van der Waals surface area contributed by atoms with Gasteiger partial charge in [0.2, 0.25) is 11.8 Å². The second-order valence-electron chi connectivity index (χ2n) is 7.23. The summed E-state index contributed by atoms with van der Waals surface area (Å²) in [5.41, 5.74) is 0. The number of benzene rings is 1. The van der Waals surface area contributed by atoms with Gasteiger partial charge in [-0.15, -0.1) is 0 Å². The lowest BCUT2D eigenvalue weighted by Gasteiger charge is -2.41. The molecule has 3 rings (SSSR count). The Morgan fingerprint density at radius 1 is 1.21 bits per heavy atom. The largest absolute Gasteiger partial charge is 0.490 e. The summed E-state index contributed by atoms with van der Waals surface area (Å²) in [6.07, 6.45) is 3.05. The van der Waals surface area contributed by atoms with Crippen LogP contribution in [0.15, 0.2) is 24.3 Å². The molecule has 28 heavy (non-hydrogen) atoms. The number of hydrogen-bond donors (Lipinski definition) is 1. The molecule has 0 aliphatic carbocycles. The smallest absolute Gasteiger partial charge is 0.236 e. The first-order valence-corrected chi connectivity index (χ1v) is 10.3. The van der Waals surface area contributed by atoms with Gasteiger partial charge in [-0.3, -0.25) is 9.59 Å². The Labute approximate surface area is 167 Å². The van der Waals surface area contributed by atoms with Gasteiger partial charge in [-0.2, -0.15) is 0 Å². The van der Waals surface area contributed by atoms with Crippen molar-refractivity contribution in [2.45, 2.75) is 38.6 Å². The molecule has 2 heterocycles. The van der Waals surface area contributed by atoms with Crippen LogP contribution in [0.1, 0.15) is 32.6 Å². The second-order valence-corrected chi connectivity index (χ2v) is 7.23. The zero-order valence-electron chi connectivity index (χ0n) is 16.7. The summed E-state index contributed by atoms with van der Waals surface area (Å²) < 4.78 is 11.4. The van der Waals surface area contributed by atoms with Crippen LogP contribution in [0.2, 0.25) is 0 Å². The van der Waals surface area contributed by atoms with Crippen molar-refractivity contribution in [3.63, 3.8) is 0 Å². The number of piperazine rings is 1. The number of nitrogens with one attached hydrogen (secondary N) is 1. The van der Waals surface area contributed by atoms with Crippen LogP contribution in [0.3, 0.4) is 0 Å². The number of carbonyl (C=O) groups is 2. The number of hydrogen-bond acceptors (Lipinski definition) is 5. The van der Waals surface area contributed by atoms with Crippen molar-refractivity contribution in [2.24, 2.45) is 0 Å². The van der Waals surface area contributed by atoms with Crippen LogP contribution in [-0.4, -0.2) is 73.6 Å². The Morgan fingerprint density at radius 2 is 2.00 bits per heavy atom. The molecule has 2 amide bonds. The molecule has 1 atom stereocenters. The van der Waals surface area contributed by atoms with E-state index in [0.29, 0.717) is 44.9 Å². The lowest BCUT2D eigenvalue weighted by atomic mass is 10.0. The number of para-hydroxylation sites is 2. The van der Waals surface area contributed by atoms with E-state index < -0.39 is 0 Å². The highest BCUT2D eigenvalue weighted by Gasteiger charge is 2.31. The number of nitrogens with zero attached hydrogens (tertiary/aromatic N) is 2. The minimum absolute atomic E-state index is 0.145. The Hall–Kier alpha value is -2.28. The summed E-state index contributed by atoms with van der Waals surface area (Å²) in [4.78, 5) is 28.6. The highest BCUT2D eigenvalue weighted by atomic mass is 16.5. The standard InChI is InChI=1S/C21H31N3O4/c1-2-27-18-8-3-4-9-19(18)28-14-6-10-20(25)23-12-5-7-17(16-23)24-13-11-22-15-21(24)26/h3-4,8-9,17,22H,2,5-7,10-16H2,1H3. The summed E-state index contributed by atoms with van der Waals surface area (Å²) >= 11 is 0. The van der Waals surface area contributed by atoms with Gasteiger partial charge in [0.15, 0.2) is 11.5 Å². The fourth-order valence-electron chi connectivity index (χ4n) is 3.85. The number of ether oxygens (including phenoxy) is 2. The van der Waals surface area contributed by atoms with Crippen LogP contribution in [0, 0.1) is 0 Å². The van der Waals surface area contributed by atoms with Crippen molar-refractivity contribution < 1.29 is 19.1 Å². The molecule has 1 aromatic rings. The van der Waals surface area contributed by atoms with Gasteiger partial charge in [0.25, 0.3) is 0 Å². The zero-order chi connectivity index (χ0) is 19.8. The molecule has 1 aromatic carbocycles. The molecule has 2 fully saturated rings. The first-order valence-electron chi connectivity index (χ1n) is 10.3. The minimum Gasteiger partial charge on any atom is -0.490 e. The summed E-state index contributed by atoms with van der Waals surface area (Å²) in [7, 11) is 0. The van der Waals surface area contributed by atoms with Crippen molar-refractivity contribution in [3.05, 3.63) is 24.3 Å². The molecule has 154 valence electrons. The fourth-order valence-corrected chi connectivity index (χ4v) is 3.85. The second kappa shape index (κ2) is 10.3. The van der Waals surface area contributed by atoms with E-state index in [0.717, 1.165) is 38.2 Å². The quantitative estimate of drug-likeness (QED) is 0.685. The molecule has 0 saturated carbocycles. The third-order valence-electron chi connectivity index (χ3n) is 5.26.